The summed E-state index contributed by atoms with van der Waals surface area (Å²) in [6, 6.07) is 8.17. The number of halogens is 4. The van der Waals surface area contributed by atoms with Crippen molar-refractivity contribution in [2.24, 2.45) is 5.92 Å². The van der Waals surface area contributed by atoms with Gasteiger partial charge in [0.25, 0.3) is 5.91 Å². The molecule has 1 aromatic carbocycles. The van der Waals surface area contributed by atoms with Crippen molar-refractivity contribution in [1.29, 1.82) is 0 Å². The van der Waals surface area contributed by atoms with Crippen LogP contribution in [0.5, 0.6) is 0 Å². The lowest BCUT2D eigenvalue weighted by Crippen LogP contribution is -2.53. The minimum atomic E-state index is -4.14. The highest BCUT2D eigenvalue weighted by Crippen LogP contribution is 2.39. The molecule has 0 aliphatic carbocycles. The molecule has 4 heterocycles. The highest BCUT2D eigenvalue weighted by Gasteiger charge is 2.47. The molecule has 0 radical (unpaired) electrons. The van der Waals surface area contributed by atoms with Gasteiger partial charge in [0.05, 0.1) is 10.8 Å². The number of piperidine rings is 2. The number of aromatic nitrogens is 1. The fourth-order valence-corrected chi connectivity index (χ4v) is 9.02. The molecular weight excluding hydrogens is 569 g/mol. The molecule has 1 unspecified atom stereocenters. The summed E-state index contributed by atoms with van der Waals surface area (Å²) in [7, 11) is -3.49. The number of nitrogens with one attached hydrogen (secondary N) is 1. The first-order chi connectivity index (χ1) is 19.0. The van der Waals surface area contributed by atoms with Crippen LogP contribution in [0.3, 0.4) is 0 Å². The van der Waals surface area contributed by atoms with E-state index in [1.165, 1.54) is 0 Å². The third kappa shape index (κ3) is 7.00. The Hall–Kier alpha value is -2.15. The zero-order chi connectivity index (χ0) is 28.5. The van der Waals surface area contributed by atoms with Gasteiger partial charge in [-0.05, 0) is 82.6 Å². The highest BCUT2D eigenvalue weighted by molar-refractivity contribution is 7.89. The quantitative estimate of drug-likeness (QED) is 0.429. The van der Waals surface area contributed by atoms with E-state index >= 15 is 0 Å². The van der Waals surface area contributed by atoms with E-state index < -0.39 is 22.6 Å². The number of amides is 1. The van der Waals surface area contributed by atoms with Crippen LogP contribution in [0.15, 0.2) is 34.9 Å². The van der Waals surface area contributed by atoms with Gasteiger partial charge in [0, 0.05) is 36.2 Å². The topological polar surface area (TPSA) is 95.8 Å². The van der Waals surface area contributed by atoms with Gasteiger partial charge in [0.1, 0.15) is 0 Å². The lowest BCUT2D eigenvalue weighted by Gasteiger charge is -2.39. The number of carbonyl (C=O) groups excluding carboxylic acids is 1. The molecule has 40 heavy (non-hydrogen) atoms. The molecule has 3 saturated heterocycles. The molecule has 1 amide bonds. The van der Waals surface area contributed by atoms with Crippen LogP contribution in [0.4, 0.5) is 13.2 Å². The number of hydrogen-bond donors (Lipinski definition) is 1. The van der Waals surface area contributed by atoms with Crippen molar-refractivity contribution in [2.45, 2.75) is 75.7 Å². The Labute approximate surface area is 237 Å². The molecule has 0 saturated carbocycles. The van der Waals surface area contributed by atoms with E-state index in [0.29, 0.717) is 61.7 Å². The number of rotatable bonds is 9. The minimum absolute atomic E-state index is 0.000159. The summed E-state index contributed by atoms with van der Waals surface area (Å²) in [5.41, 5.74) is 0.779. The summed E-state index contributed by atoms with van der Waals surface area (Å²) in [5.74, 6) is 0.0887. The fraction of sp³-hybridized carbons (Fsp3) is 0.630. The van der Waals surface area contributed by atoms with E-state index in [9.17, 15) is 26.4 Å². The molecule has 220 valence electrons. The number of sulfonamides is 1. The Balaban J connectivity index is 1.12. The molecule has 8 nitrogen and oxygen atoms in total. The fourth-order valence-electron chi connectivity index (χ4n) is 6.40. The van der Waals surface area contributed by atoms with Crippen molar-refractivity contribution in [3.05, 3.63) is 41.0 Å². The van der Waals surface area contributed by atoms with Crippen LogP contribution < -0.4 is 5.32 Å². The zero-order valence-corrected chi connectivity index (χ0v) is 23.6. The third-order valence-corrected chi connectivity index (χ3v) is 10.8. The maximum atomic E-state index is 13.5. The minimum Gasteiger partial charge on any atom is -0.355 e. The molecule has 1 aromatic heterocycles. The molecule has 3 aliphatic rings. The van der Waals surface area contributed by atoms with Crippen LogP contribution in [-0.4, -0.2) is 78.4 Å². The molecule has 1 N–H and O–H groups in total. The first-order valence-corrected chi connectivity index (χ1v) is 15.8. The van der Waals surface area contributed by atoms with Crippen LogP contribution >= 0.6 is 11.6 Å². The van der Waals surface area contributed by atoms with E-state index in [-0.39, 0.29) is 47.8 Å². The number of likely N-dealkylation sites (tertiary alicyclic amines) is 1. The Morgan fingerprint density at radius 2 is 1.77 bits per heavy atom. The summed E-state index contributed by atoms with van der Waals surface area (Å²) in [4.78, 5) is 14.9. The van der Waals surface area contributed by atoms with Crippen LogP contribution in [0.25, 0.3) is 11.3 Å². The van der Waals surface area contributed by atoms with Gasteiger partial charge in [-0.15, -0.1) is 0 Å². The Morgan fingerprint density at radius 3 is 2.42 bits per heavy atom. The maximum absolute atomic E-state index is 13.5. The number of benzene rings is 1. The van der Waals surface area contributed by atoms with E-state index in [0.717, 1.165) is 12.8 Å². The molecule has 2 bridgehead atoms. The van der Waals surface area contributed by atoms with Crippen molar-refractivity contribution >= 4 is 27.5 Å². The average molecular weight is 603 g/mol. The molecule has 0 spiro atoms. The molecule has 2 aromatic rings. The third-order valence-electron chi connectivity index (χ3n) is 8.29. The molecular formula is C27H34ClF3N4O4S. The van der Waals surface area contributed by atoms with E-state index in [1.54, 1.807) is 28.6 Å². The predicted octanol–water partition coefficient (Wildman–Crippen LogP) is 5.10. The second kappa shape index (κ2) is 12.0. The van der Waals surface area contributed by atoms with Crippen LogP contribution in [-0.2, 0) is 10.0 Å². The van der Waals surface area contributed by atoms with Crippen LogP contribution in [0.2, 0.25) is 5.02 Å². The molecule has 3 atom stereocenters. The molecule has 3 aliphatic heterocycles. The molecule has 3 fully saturated rings. The number of fused-ring (bicyclic) bond motifs is 2. The molecule has 13 heteroatoms. The summed E-state index contributed by atoms with van der Waals surface area (Å²) >= 11 is 6.21. The Morgan fingerprint density at radius 1 is 1.10 bits per heavy atom. The number of hydrogen-bond acceptors (Lipinski definition) is 6. The van der Waals surface area contributed by atoms with Crippen molar-refractivity contribution in [2.75, 3.05) is 25.4 Å². The lowest BCUT2D eigenvalue weighted by molar-refractivity contribution is -0.136. The van der Waals surface area contributed by atoms with Gasteiger partial charge in [0.2, 0.25) is 10.0 Å². The first kappa shape index (κ1) is 29.3. The summed E-state index contributed by atoms with van der Waals surface area (Å²) < 4.78 is 71.2. The zero-order valence-electron chi connectivity index (χ0n) is 22.1. The van der Waals surface area contributed by atoms with Gasteiger partial charge >= 0.3 is 6.18 Å². The first-order valence-electron chi connectivity index (χ1n) is 13.8. The monoisotopic (exact) mass is 602 g/mol. The number of alkyl halides is 3. The van der Waals surface area contributed by atoms with Crippen LogP contribution in [0, 0.1) is 5.92 Å². The van der Waals surface area contributed by atoms with E-state index in [4.69, 9.17) is 16.1 Å². The smallest absolute Gasteiger partial charge is 0.355 e. The Bertz CT molecular complexity index is 1280. The highest BCUT2D eigenvalue weighted by atomic mass is 35.5. The van der Waals surface area contributed by atoms with Crippen molar-refractivity contribution in [1.82, 2.24) is 19.7 Å². The standard InChI is InChI=1S/C27H34ClF3N4O4S/c28-23-5-2-1-4-22(23)25-16-24(33-39-25)26(36)32-19-14-20-6-7-21(15-19)35(20)40(37,38)17-18-8-12-34(13-9-18)11-3-10-27(29,30)31/h1-2,4-5,16,18-21H,3,6-15,17H2,(H,32,36)/t19?,20-,21+. The second-order valence-corrected chi connectivity index (χ2v) is 13.5. The average Bonchev–Trinajstić information content (AvgIpc) is 3.48. The normalized spacial score (nSPS) is 24.9. The SMILES string of the molecule is O=C(NC1C[C@H]2CC[C@@H](C1)N2S(=O)(=O)CC1CCN(CCCC(F)(F)F)CC1)c1cc(-c2ccccc2Cl)on1. The number of carbonyl (C=O) groups is 1. The van der Waals surface area contributed by atoms with E-state index in [2.05, 4.69) is 10.5 Å². The van der Waals surface area contributed by atoms with Gasteiger partial charge in [-0.1, -0.05) is 28.9 Å². The van der Waals surface area contributed by atoms with Gasteiger partial charge in [-0.2, -0.15) is 17.5 Å². The predicted molar refractivity (Wildman–Crippen MR) is 144 cm³/mol. The molecule has 5 rings (SSSR count). The van der Waals surface area contributed by atoms with Crippen molar-refractivity contribution in [3.8, 4) is 11.3 Å². The van der Waals surface area contributed by atoms with E-state index in [1.807, 2.05) is 11.0 Å². The maximum Gasteiger partial charge on any atom is 0.389 e. The van der Waals surface area contributed by atoms with Gasteiger partial charge < -0.3 is 14.7 Å². The van der Waals surface area contributed by atoms with Crippen LogP contribution in [0.1, 0.15) is 61.9 Å². The van der Waals surface area contributed by atoms with Gasteiger partial charge in [0.15, 0.2) is 11.5 Å². The second-order valence-electron chi connectivity index (χ2n) is 11.2. The Kier molecular flexibility index (Phi) is 8.80. The largest absolute Gasteiger partial charge is 0.389 e. The van der Waals surface area contributed by atoms with Gasteiger partial charge in [-0.25, -0.2) is 8.42 Å². The summed E-state index contributed by atoms with van der Waals surface area (Å²) in [5, 5.41) is 7.40. The number of nitrogens with zero attached hydrogens (tertiary/aromatic N) is 3. The summed E-state index contributed by atoms with van der Waals surface area (Å²) in [6.45, 7) is 1.64. The van der Waals surface area contributed by atoms with Gasteiger partial charge in [-0.3, -0.25) is 4.79 Å². The summed E-state index contributed by atoms with van der Waals surface area (Å²) in [6.07, 6.45) is -0.935. The lowest BCUT2D eigenvalue weighted by atomic mass is 9.99. The van der Waals surface area contributed by atoms with Crippen molar-refractivity contribution in [3.63, 3.8) is 0 Å². The van der Waals surface area contributed by atoms with Crippen molar-refractivity contribution < 1.29 is 30.9 Å².